The molecule has 0 unspecified atom stereocenters. The molecule has 2 N–H and O–H groups in total. The van der Waals surface area contributed by atoms with Gasteiger partial charge in [-0.05, 0) is 12.1 Å². The standard InChI is InChI=1S/C9H10ClNO3/c1-6(10)4-11-5-7-2-3-8(14-7)9(12)13/h2-3,11H,1,4-5H2,(H,12,13). The number of hydrogen-bond donors (Lipinski definition) is 2. The molecule has 0 fully saturated rings. The third-order valence-electron chi connectivity index (χ3n) is 1.49. The second-order valence-corrected chi connectivity index (χ2v) is 3.23. The van der Waals surface area contributed by atoms with Crippen molar-refractivity contribution in [2.75, 3.05) is 6.54 Å². The molecule has 1 aromatic heterocycles. The van der Waals surface area contributed by atoms with Crippen LogP contribution in [0, 0.1) is 0 Å². The Hall–Kier alpha value is -1.26. The molecule has 0 atom stereocenters. The Labute approximate surface area is 86.2 Å². The number of carboxylic acid groups (broad SMARTS) is 1. The fourth-order valence-electron chi connectivity index (χ4n) is 0.909. The van der Waals surface area contributed by atoms with Crippen LogP contribution in [-0.2, 0) is 6.54 Å². The molecule has 0 saturated heterocycles. The van der Waals surface area contributed by atoms with Gasteiger partial charge in [0.15, 0.2) is 0 Å². The monoisotopic (exact) mass is 215 g/mol. The number of carbonyl (C=O) groups is 1. The fraction of sp³-hybridized carbons (Fsp3) is 0.222. The highest BCUT2D eigenvalue weighted by Crippen LogP contribution is 2.07. The molecule has 0 aliphatic heterocycles. The van der Waals surface area contributed by atoms with Gasteiger partial charge in [-0.25, -0.2) is 4.79 Å². The summed E-state index contributed by atoms with van der Waals surface area (Å²) in [6.45, 7) is 4.39. The fourth-order valence-corrected chi connectivity index (χ4v) is 1.00. The lowest BCUT2D eigenvalue weighted by atomic mass is 10.4. The molecule has 5 heteroatoms. The lowest BCUT2D eigenvalue weighted by Gasteiger charge is -1.99. The van der Waals surface area contributed by atoms with Crippen molar-refractivity contribution < 1.29 is 14.3 Å². The zero-order valence-corrected chi connectivity index (χ0v) is 8.17. The Morgan fingerprint density at radius 3 is 2.86 bits per heavy atom. The Morgan fingerprint density at radius 2 is 2.36 bits per heavy atom. The van der Waals surface area contributed by atoms with Gasteiger partial charge in [-0.15, -0.1) is 0 Å². The average molecular weight is 216 g/mol. The Morgan fingerprint density at radius 1 is 1.64 bits per heavy atom. The highest BCUT2D eigenvalue weighted by molar-refractivity contribution is 6.29. The van der Waals surface area contributed by atoms with Gasteiger partial charge in [-0.1, -0.05) is 18.2 Å². The maximum Gasteiger partial charge on any atom is 0.371 e. The molecule has 14 heavy (non-hydrogen) atoms. The molecule has 1 aromatic rings. The Balaban J connectivity index is 2.44. The van der Waals surface area contributed by atoms with Crippen molar-refractivity contribution in [3.05, 3.63) is 35.3 Å². The largest absolute Gasteiger partial charge is 0.475 e. The number of rotatable bonds is 5. The summed E-state index contributed by atoms with van der Waals surface area (Å²) < 4.78 is 4.99. The molecule has 0 aliphatic carbocycles. The van der Waals surface area contributed by atoms with Crippen molar-refractivity contribution in [2.45, 2.75) is 6.54 Å². The lowest BCUT2D eigenvalue weighted by molar-refractivity contribution is 0.0660. The van der Waals surface area contributed by atoms with Crippen LogP contribution in [-0.4, -0.2) is 17.6 Å². The van der Waals surface area contributed by atoms with E-state index < -0.39 is 5.97 Å². The van der Waals surface area contributed by atoms with E-state index in [1.165, 1.54) is 6.07 Å². The summed E-state index contributed by atoms with van der Waals surface area (Å²) in [4.78, 5) is 10.4. The molecule has 0 saturated carbocycles. The first-order valence-electron chi connectivity index (χ1n) is 3.95. The topological polar surface area (TPSA) is 62.5 Å². The first-order chi connectivity index (χ1) is 6.59. The van der Waals surface area contributed by atoms with Crippen molar-refractivity contribution in [3.8, 4) is 0 Å². The third-order valence-corrected chi connectivity index (χ3v) is 1.62. The van der Waals surface area contributed by atoms with Crippen LogP contribution in [0.25, 0.3) is 0 Å². The lowest BCUT2D eigenvalue weighted by Crippen LogP contribution is -2.13. The minimum atomic E-state index is -1.07. The predicted octanol–water partition coefficient (Wildman–Crippen LogP) is 1.82. The smallest absolute Gasteiger partial charge is 0.371 e. The van der Waals surface area contributed by atoms with E-state index in [1.807, 2.05) is 0 Å². The first kappa shape index (κ1) is 10.8. The molecule has 1 rings (SSSR count). The zero-order valence-electron chi connectivity index (χ0n) is 7.42. The number of hydrogen-bond acceptors (Lipinski definition) is 3. The number of furan rings is 1. The highest BCUT2D eigenvalue weighted by atomic mass is 35.5. The van der Waals surface area contributed by atoms with Gasteiger partial charge in [0, 0.05) is 11.6 Å². The number of carboxylic acids is 1. The quantitative estimate of drug-likeness (QED) is 0.787. The molecule has 76 valence electrons. The van der Waals surface area contributed by atoms with Crippen LogP contribution in [0.4, 0.5) is 0 Å². The number of halogens is 1. The normalized spacial score (nSPS) is 10.1. The summed E-state index contributed by atoms with van der Waals surface area (Å²) in [7, 11) is 0. The summed E-state index contributed by atoms with van der Waals surface area (Å²) in [6.07, 6.45) is 0. The van der Waals surface area contributed by atoms with Gasteiger partial charge in [0.1, 0.15) is 5.76 Å². The van der Waals surface area contributed by atoms with E-state index in [1.54, 1.807) is 6.07 Å². The Kier molecular flexibility index (Phi) is 3.73. The first-order valence-corrected chi connectivity index (χ1v) is 4.33. The van der Waals surface area contributed by atoms with Crippen LogP contribution in [0.2, 0.25) is 0 Å². The maximum absolute atomic E-state index is 10.4. The number of nitrogens with one attached hydrogen (secondary N) is 1. The maximum atomic E-state index is 10.4. The van der Waals surface area contributed by atoms with Crippen molar-refractivity contribution in [1.82, 2.24) is 5.32 Å². The van der Waals surface area contributed by atoms with Gasteiger partial charge in [-0.2, -0.15) is 0 Å². The van der Waals surface area contributed by atoms with Crippen molar-refractivity contribution in [1.29, 1.82) is 0 Å². The summed E-state index contributed by atoms with van der Waals surface area (Å²) in [6, 6.07) is 3.02. The SMILES string of the molecule is C=C(Cl)CNCc1ccc(C(=O)O)o1. The molecule has 0 bridgehead atoms. The molecule has 0 spiro atoms. The van der Waals surface area contributed by atoms with Crippen LogP contribution < -0.4 is 5.32 Å². The molecule has 0 radical (unpaired) electrons. The Bertz CT molecular complexity index is 346. The molecule has 4 nitrogen and oxygen atoms in total. The minimum absolute atomic E-state index is 0.0634. The van der Waals surface area contributed by atoms with Gasteiger partial charge < -0.3 is 14.8 Å². The van der Waals surface area contributed by atoms with Gasteiger partial charge in [-0.3, -0.25) is 0 Å². The molecular weight excluding hydrogens is 206 g/mol. The van der Waals surface area contributed by atoms with E-state index in [9.17, 15) is 4.79 Å². The van der Waals surface area contributed by atoms with Crippen LogP contribution in [0.5, 0.6) is 0 Å². The van der Waals surface area contributed by atoms with Crippen molar-refractivity contribution in [2.24, 2.45) is 0 Å². The van der Waals surface area contributed by atoms with E-state index in [-0.39, 0.29) is 5.76 Å². The van der Waals surface area contributed by atoms with Gasteiger partial charge >= 0.3 is 5.97 Å². The van der Waals surface area contributed by atoms with Crippen LogP contribution >= 0.6 is 11.6 Å². The van der Waals surface area contributed by atoms with E-state index in [2.05, 4.69) is 11.9 Å². The van der Waals surface area contributed by atoms with Crippen LogP contribution in [0.15, 0.2) is 28.2 Å². The van der Waals surface area contributed by atoms with E-state index in [0.29, 0.717) is 23.9 Å². The van der Waals surface area contributed by atoms with Gasteiger partial charge in [0.25, 0.3) is 0 Å². The molecular formula is C9H10ClNO3. The second kappa shape index (κ2) is 4.83. The minimum Gasteiger partial charge on any atom is -0.475 e. The number of aromatic carboxylic acids is 1. The second-order valence-electron chi connectivity index (χ2n) is 2.69. The third kappa shape index (κ3) is 3.24. The molecule has 1 heterocycles. The summed E-state index contributed by atoms with van der Waals surface area (Å²) in [5.74, 6) is -0.579. The van der Waals surface area contributed by atoms with Crippen molar-refractivity contribution in [3.63, 3.8) is 0 Å². The summed E-state index contributed by atoms with van der Waals surface area (Å²) in [5, 5.41) is 12.0. The molecule has 0 amide bonds. The predicted molar refractivity (Wildman–Crippen MR) is 52.4 cm³/mol. The molecule has 0 aromatic carbocycles. The summed E-state index contributed by atoms with van der Waals surface area (Å²) in [5.41, 5.74) is 0. The zero-order chi connectivity index (χ0) is 10.6. The highest BCUT2D eigenvalue weighted by Gasteiger charge is 2.07. The van der Waals surface area contributed by atoms with E-state index in [0.717, 1.165) is 0 Å². The van der Waals surface area contributed by atoms with E-state index in [4.69, 9.17) is 21.1 Å². The van der Waals surface area contributed by atoms with Gasteiger partial charge in [0.05, 0.1) is 6.54 Å². The van der Waals surface area contributed by atoms with Crippen molar-refractivity contribution >= 4 is 17.6 Å². The average Bonchev–Trinajstić information content (AvgIpc) is 2.52. The summed E-state index contributed by atoms with van der Waals surface area (Å²) >= 11 is 5.52. The molecule has 0 aliphatic rings. The van der Waals surface area contributed by atoms with E-state index >= 15 is 0 Å². The van der Waals surface area contributed by atoms with Crippen LogP contribution in [0.3, 0.4) is 0 Å². The van der Waals surface area contributed by atoms with Crippen LogP contribution in [0.1, 0.15) is 16.3 Å². The van der Waals surface area contributed by atoms with Gasteiger partial charge in [0.2, 0.25) is 5.76 Å².